The van der Waals surface area contributed by atoms with Crippen molar-refractivity contribution < 1.29 is 9.53 Å². The van der Waals surface area contributed by atoms with Gasteiger partial charge in [0, 0.05) is 55.7 Å². The fourth-order valence-corrected chi connectivity index (χ4v) is 4.36. The number of nitrogens with zero attached hydrogens (tertiary/aromatic N) is 3. The molecule has 146 valence electrons. The summed E-state index contributed by atoms with van der Waals surface area (Å²) in [7, 11) is 1.70. The first-order chi connectivity index (χ1) is 13.7. The molecule has 28 heavy (non-hydrogen) atoms. The predicted octanol–water partition coefficient (Wildman–Crippen LogP) is 3.34. The number of carbonyl (C=O) groups is 1. The van der Waals surface area contributed by atoms with Crippen LogP contribution in [0.1, 0.15) is 28.8 Å². The van der Waals surface area contributed by atoms with Crippen LogP contribution in [0.15, 0.2) is 54.9 Å². The normalized spacial score (nSPS) is 22.4. The number of aromatic nitrogens is 1. The Kier molecular flexibility index (Phi) is 5.72. The molecular weight excluding hydrogens is 350 g/mol. The van der Waals surface area contributed by atoms with Gasteiger partial charge in [-0.2, -0.15) is 0 Å². The third-order valence-corrected chi connectivity index (χ3v) is 5.82. The number of ether oxygens (including phenoxy) is 1. The van der Waals surface area contributed by atoms with Crippen molar-refractivity contribution in [1.82, 2.24) is 14.8 Å². The molecule has 5 heteroatoms. The Balaban J connectivity index is 1.42. The van der Waals surface area contributed by atoms with Gasteiger partial charge in [0.25, 0.3) is 5.91 Å². The number of hydrogen-bond donors (Lipinski definition) is 0. The summed E-state index contributed by atoms with van der Waals surface area (Å²) < 4.78 is 5.43. The van der Waals surface area contributed by atoms with Crippen LogP contribution in [-0.2, 0) is 0 Å². The molecule has 3 fully saturated rings. The van der Waals surface area contributed by atoms with Crippen LogP contribution in [0.3, 0.4) is 0 Å². The largest absolute Gasteiger partial charge is 0.496 e. The van der Waals surface area contributed by atoms with Crippen LogP contribution >= 0.6 is 0 Å². The fraction of sp³-hybridized carbons (Fsp3) is 0.391. The Hall–Kier alpha value is -2.66. The zero-order valence-corrected chi connectivity index (χ0v) is 16.3. The molecule has 0 aliphatic carbocycles. The van der Waals surface area contributed by atoms with Gasteiger partial charge < -0.3 is 9.64 Å². The summed E-state index contributed by atoms with van der Waals surface area (Å²) >= 11 is 0. The van der Waals surface area contributed by atoms with Gasteiger partial charge in [0.05, 0.1) is 7.11 Å². The molecule has 0 saturated carbocycles. The van der Waals surface area contributed by atoms with Crippen molar-refractivity contribution in [3.8, 4) is 5.75 Å². The molecule has 5 nitrogen and oxygen atoms in total. The first-order valence-corrected chi connectivity index (χ1v) is 9.97. The van der Waals surface area contributed by atoms with E-state index in [9.17, 15) is 4.79 Å². The first-order valence-electron chi connectivity index (χ1n) is 9.97. The van der Waals surface area contributed by atoms with E-state index in [0.717, 1.165) is 49.5 Å². The zero-order chi connectivity index (χ0) is 19.3. The summed E-state index contributed by atoms with van der Waals surface area (Å²) in [6.45, 7) is 3.61. The van der Waals surface area contributed by atoms with E-state index in [1.165, 1.54) is 6.42 Å². The second-order valence-corrected chi connectivity index (χ2v) is 7.64. The van der Waals surface area contributed by atoms with Gasteiger partial charge in [-0.1, -0.05) is 30.4 Å². The average Bonchev–Trinajstić information content (AvgIpc) is 3.06. The summed E-state index contributed by atoms with van der Waals surface area (Å²) in [4.78, 5) is 21.5. The molecule has 4 heterocycles. The highest BCUT2D eigenvalue weighted by molar-refractivity contribution is 5.94. The molecule has 1 aromatic heterocycles. The van der Waals surface area contributed by atoms with Crippen LogP contribution in [0.4, 0.5) is 0 Å². The Labute approximate surface area is 166 Å². The number of hydrogen-bond acceptors (Lipinski definition) is 4. The molecular formula is C23H27N3O2. The number of fused-ring (bicyclic) bond motifs is 4. The molecule has 3 saturated heterocycles. The molecule has 2 bridgehead atoms. The summed E-state index contributed by atoms with van der Waals surface area (Å²) in [5.74, 6) is 1.57. The summed E-state index contributed by atoms with van der Waals surface area (Å²) in [6, 6.07) is 12.1. The third kappa shape index (κ3) is 4.09. The lowest BCUT2D eigenvalue weighted by Gasteiger charge is -2.35. The van der Waals surface area contributed by atoms with Gasteiger partial charge in [-0.15, -0.1) is 0 Å². The molecule has 0 spiro atoms. The number of methoxy groups -OCH3 is 1. The monoisotopic (exact) mass is 377 g/mol. The number of pyridine rings is 1. The predicted molar refractivity (Wildman–Crippen MR) is 110 cm³/mol. The van der Waals surface area contributed by atoms with Crippen molar-refractivity contribution in [2.45, 2.75) is 18.9 Å². The Morgan fingerprint density at radius 1 is 1.14 bits per heavy atom. The van der Waals surface area contributed by atoms with Crippen molar-refractivity contribution in [3.63, 3.8) is 0 Å². The Bertz CT molecular complexity index is 837. The lowest BCUT2D eigenvalue weighted by atomic mass is 9.95. The lowest BCUT2D eigenvalue weighted by Crippen LogP contribution is -2.44. The molecule has 3 aliphatic heterocycles. The van der Waals surface area contributed by atoms with Crippen molar-refractivity contribution in [1.29, 1.82) is 0 Å². The van der Waals surface area contributed by atoms with Gasteiger partial charge in [0.15, 0.2) is 0 Å². The van der Waals surface area contributed by atoms with Crippen LogP contribution in [0.2, 0.25) is 0 Å². The van der Waals surface area contributed by atoms with E-state index < -0.39 is 0 Å². The van der Waals surface area contributed by atoms with Crippen LogP contribution in [0.5, 0.6) is 5.75 Å². The SMILES string of the molecule is COc1ccccc1/C=C/CN1C[C@H]2CC[C@@H]1CN(C(=O)c1ccncc1)C2. The van der Waals surface area contributed by atoms with Crippen molar-refractivity contribution >= 4 is 12.0 Å². The third-order valence-electron chi connectivity index (χ3n) is 5.82. The number of amides is 1. The highest BCUT2D eigenvalue weighted by Gasteiger charge is 2.36. The van der Waals surface area contributed by atoms with Crippen molar-refractivity contribution in [2.75, 3.05) is 33.3 Å². The zero-order valence-electron chi connectivity index (χ0n) is 16.3. The molecule has 0 radical (unpaired) electrons. The molecule has 0 unspecified atom stereocenters. The maximum atomic E-state index is 12.9. The summed E-state index contributed by atoms with van der Waals surface area (Å²) in [6.07, 6.45) is 10.1. The van der Waals surface area contributed by atoms with E-state index in [-0.39, 0.29) is 5.91 Å². The maximum absolute atomic E-state index is 12.9. The van der Waals surface area contributed by atoms with Gasteiger partial charge >= 0.3 is 0 Å². The number of para-hydroxylation sites is 1. The Morgan fingerprint density at radius 2 is 1.96 bits per heavy atom. The van der Waals surface area contributed by atoms with Gasteiger partial charge in [-0.05, 0) is 37.0 Å². The topological polar surface area (TPSA) is 45.7 Å². The minimum Gasteiger partial charge on any atom is -0.496 e. The van der Waals surface area contributed by atoms with Crippen LogP contribution in [0.25, 0.3) is 6.08 Å². The van der Waals surface area contributed by atoms with Crippen LogP contribution < -0.4 is 4.74 Å². The van der Waals surface area contributed by atoms with E-state index in [0.29, 0.717) is 12.0 Å². The summed E-state index contributed by atoms with van der Waals surface area (Å²) in [5, 5.41) is 0. The molecule has 2 aromatic rings. The second kappa shape index (κ2) is 8.57. The van der Waals surface area contributed by atoms with Crippen molar-refractivity contribution in [2.24, 2.45) is 5.92 Å². The second-order valence-electron chi connectivity index (χ2n) is 7.64. The van der Waals surface area contributed by atoms with Crippen LogP contribution in [0, 0.1) is 5.92 Å². The molecule has 1 aromatic carbocycles. The minimum absolute atomic E-state index is 0.130. The van der Waals surface area contributed by atoms with Crippen LogP contribution in [-0.4, -0.2) is 60.0 Å². The van der Waals surface area contributed by atoms with E-state index in [2.05, 4.69) is 28.1 Å². The molecule has 1 amide bonds. The average molecular weight is 377 g/mol. The molecule has 5 rings (SSSR count). The maximum Gasteiger partial charge on any atom is 0.254 e. The number of carbonyl (C=O) groups excluding carboxylic acids is 1. The molecule has 0 N–H and O–H groups in total. The minimum atomic E-state index is 0.130. The number of rotatable bonds is 5. The lowest BCUT2D eigenvalue weighted by molar-refractivity contribution is 0.0740. The van der Waals surface area contributed by atoms with Gasteiger partial charge in [-0.25, -0.2) is 0 Å². The van der Waals surface area contributed by atoms with E-state index in [1.54, 1.807) is 19.5 Å². The quantitative estimate of drug-likeness (QED) is 0.802. The summed E-state index contributed by atoms with van der Waals surface area (Å²) in [5.41, 5.74) is 1.83. The van der Waals surface area contributed by atoms with Crippen molar-refractivity contribution in [3.05, 3.63) is 66.0 Å². The van der Waals surface area contributed by atoms with Gasteiger partial charge in [-0.3, -0.25) is 14.7 Å². The van der Waals surface area contributed by atoms with E-state index >= 15 is 0 Å². The first kappa shape index (κ1) is 18.7. The van der Waals surface area contributed by atoms with E-state index in [1.807, 2.05) is 35.2 Å². The van der Waals surface area contributed by atoms with E-state index in [4.69, 9.17) is 4.74 Å². The molecule has 2 atom stereocenters. The Morgan fingerprint density at radius 3 is 2.79 bits per heavy atom. The standard InChI is InChI=1S/C23H27N3O2/c1-28-22-7-3-2-5-19(22)6-4-14-25-15-18-8-9-21(25)17-26(16-18)23(27)20-10-12-24-13-11-20/h2-7,10-13,18,21H,8-9,14-17H2,1H3/b6-4+/t18-,21-/m1/s1. The number of piperidine rings is 1. The fourth-order valence-electron chi connectivity index (χ4n) is 4.36. The highest BCUT2D eigenvalue weighted by atomic mass is 16.5. The number of benzene rings is 1. The van der Waals surface area contributed by atoms with Gasteiger partial charge in [0.2, 0.25) is 0 Å². The molecule has 3 aliphatic rings. The van der Waals surface area contributed by atoms with Gasteiger partial charge in [0.1, 0.15) is 5.75 Å². The highest BCUT2D eigenvalue weighted by Crippen LogP contribution is 2.29. The smallest absolute Gasteiger partial charge is 0.254 e.